The van der Waals surface area contributed by atoms with Crippen LogP contribution in [0, 0.1) is 11.7 Å². The molecule has 2 aliphatic rings. The quantitative estimate of drug-likeness (QED) is 0.627. The van der Waals surface area contributed by atoms with Gasteiger partial charge in [-0.2, -0.15) is 18.3 Å². The van der Waals surface area contributed by atoms with Crippen molar-refractivity contribution in [2.45, 2.75) is 55.7 Å². The van der Waals surface area contributed by atoms with Crippen molar-refractivity contribution in [1.82, 2.24) is 19.8 Å². The fourth-order valence-corrected chi connectivity index (χ4v) is 5.52. The summed E-state index contributed by atoms with van der Waals surface area (Å²) in [7, 11) is -1.35. The molecule has 178 valence electrons. The minimum absolute atomic E-state index is 0.0221. The number of rotatable bonds is 6. The fourth-order valence-electron chi connectivity index (χ4n) is 4.80. The molecule has 1 aliphatic carbocycles. The van der Waals surface area contributed by atoms with E-state index in [1.165, 1.54) is 4.68 Å². The predicted octanol–water partition coefficient (Wildman–Crippen LogP) is 3.51. The first kappa shape index (κ1) is 23.6. The number of nitrogens with zero attached hydrogens (tertiary/aromatic N) is 2. The highest BCUT2D eigenvalue weighted by Crippen LogP contribution is 2.36. The van der Waals surface area contributed by atoms with Crippen molar-refractivity contribution in [1.29, 1.82) is 0 Å². The van der Waals surface area contributed by atoms with E-state index in [9.17, 15) is 21.8 Å². The summed E-state index contributed by atoms with van der Waals surface area (Å²) in [6.45, 7) is 1.41. The fraction of sp³-hybridized carbons (Fsp3) is 0.667. The minimum Gasteiger partial charge on any atom is -0.378 e. The molecule has 0 amide bonds. The van der Waals surface area contributed by atoms with Gasteiger partial charge in [0.15, 0.2) is 11.0 Å². The molecule has 3 unspecified atom stereocenters. The number of aromatic nitrogens is 2. The smallest absolute Gasteiger partial charge is 0.378 e. The number of benzene rings is 1. The van der Waals surface area contributed by atoms with Crippen molar-refractivity contribution in [3.05, 3.63) is 29.7 Å². The van der Waals surface area contributed by atoms with Crippen LogP contribution in [0.1, 0.15) is 43.6 Å². The Balaban J connectivity index is 1.30. The molecule has 0 bridgehead atoms. The van der Waals surface area contributed by atoms with E-state index in [-0.39, 0.29) is 23.8 Å². The van der Waals surface area contributed by atoms with Gasteiger partial charge in [-0.3, -0.25) is 4.68 Å². The Kier molecular flexibility index (Phi) is 7.18. The SMILES string of the molecule is Cn1ncc2cc(C3CCC(OCC4CNCCC4NS(=O)C(F)(F)F)CC3)cc(F)c21. The average molecular weight is 477 g/mol. The zero-order valence-electron chi connectivity index (χ0n) is 17.8. The molecule has 2 N–H and O–H groups in total. The van der Waals surface area contributed by atoms with Gasteiger partial charge in [0.1, 0.15) is 11.3 Å². The molecule has 0 spiro atoms. The highest BCUT2D eigenvalue weighted by Gasteiger charge is 2.40. The van der Waals surface area contributed by atoms with Gasteiger partial charge < -0.3 is 10.1 Å². The Bertz CT molecular complexity index is 959. The number of alkyl halides is 3. The maximum absolute atomic E-state index is 14.5. The summed E-state index contributed by atoms with van der Waals surface area (Å²) < 4.78 is 73.8. The lowest BCUT2D eigenvalue weighted by Crippen LogP contribution is -2.51. The molecule has 3 atom stereocenters. The summed E-state index contributed by atoms with van der Waals surface area (Å²) in [4.78, 5) is 0. The molecule has 6 nitrogen and oxygen atoms in total. The van der Waals surface area contributed by atoms with Crippen LogP contribution in [-0.4, -0.2) is 51.3 Å². The van der Waals surface area contributed by atoms with Crippen molar-refractivity contribution in [2.75, 3.05) is 19.7 Å². The normalized spacial score (nSPS) is 28.2. The van der Waals surface area contributed by atoms with E-state index in [0.717, 1.165) is 36.6 Å². The van der Waals surface area contributed by atoms with Crippen LogP contribution in [0.5, 0.6) is 0 Å². The zero-order valence-corrected chi connectivity index (χ0v) is 18.6. The van der Waals surface area contributed by atoms with Crippen LogP contribution in [0.2, 0.25) is 0 Å². The van der Waals surface area contributed by atoms with E-state index in [1.807, 2.05) is 6.07 Å². The van der Waals surface area contributed by atoms with E-state index >= 15 is 0 Å². The topological polar surface area (TPSA) is 68.2 Å². The lowest BCUT2D eigenvalue weighted by molar-refractivity contribution is -0.0407. The summed E-state index contributed by atoms with van der Waals surface area (Å²) >= 11 is 0. The van der Waals surface area contributed by atoms with Crippen molar-refractivity contribution in [2.24, 2.45) is 13.0 Å². The summed E-state index contributed by atoms with van der Waals surface area (Å²) in [6, 6.07) is 3.09. The Labute approximate surface area is 186 Å². The van der Waals surface area contributed by atoms with Crippen LogP contribution < -0.4 is 10.0 Å². The summed E-state index contributed by atoms with van der Waals surface area (Å²) in [5, 5.41) is 8.09. The number of aryl methyl sites for hydroxylation is 1. The summed E-state index contributed by atoms with van der Waals surface area (Å²) in [6.07, 6.45) is 5.50. The maximum atomic E-state index is 14.5. The third-order valence-corrected chi connectivity index (χ3v) is 7.51. The van der Waals surface area contributed by atoms with Crippen molar-refractivity contribution in [3.8, 4) is 0 Å². The maximum Gasteiger partial charge on any atom is 0.485 e. The van der Waals surface area contributed by atoms with Crippen LogP contribution >= 0.6 is 0 Å². The first-order valence-electron chi connectivity index (χ1n) is 10.9. The van der Waals surface area contributed by atoms with Gasteiger partial charge in [-0.05, 0) is 62.3 Å². The van der Waals surface area contributed by atoms with Gasteiger partial charge >= 0.3 is 5.51 Å². The second-order valence-electron chi connectivity index (χ2n) is 8.71. The Morgan fingerprint density at radius 3 is 2.72 bits per heavy atom. The molecular weight excluding hydrogens is 448 g/mol. The third kappa shape index (κ3) is 5.32. The Morgan fingerprint density at radius 2 is 2.00 bits per heavy atom. The van der Waals surface area contributed by atoms with Crippen LogP contribution in [0.25, 0.3) is 10.9 Å². The molecule has 1 aromatic heterocycles. The Morgan fingerprint density at radius 1 is 1.25 bits per heavy atom. The number of nitrogens with one attached hydrogen (secondary N) is 2. The second kappa shape index (κ2) is 9.74. The molecule has 0 radical (unpaired) electrons. The summed E-state index contributed by atoms with van der Waals surface area (Å²) in [5.41, 5.74) is -3.30. The van der Waals surface area contributed by atoms with Gasteiger partial charge in [0.25, 0.3) is 0 Å². The van der Waals surface area contributed by atoms with Gasteiger partial charge in [-0.25, -0.2) is 13.3 Å². The largest absolute Gasteiger partial charge is 0.485 e. The lowest BCUT2D eigenvalue weighted by Gasteiger charge is -2.35. The molecule has 2 fully saturated rings. The van der Waals surface area contributed by atoms with Crippen LogP contribution in [-0.2, 0) is 22.8 Å². The predicted molar refractivity (Wildman–Crippen MR) is 114 cm³/mol. The molecule has 1 saturated carbocycles. The summed E-state index contributed by atoms with van der Waals surface area (Å²) in [5.74, 6) is -0.209. The molecule has 1 aliphatic heterocycles. The zero-order chi connectivity index (χ0) is 22.9. The molecule has 2 aromatic rings. The van der Waals surface area contributed by atoms with E-state index in [2.05, 4.69) is 15.1 Å². The lowest BCUT2D eigenvalue weighted by atomic mass is 9.82. The average Bonchev–Trinajstić information content (AvgIpc) is 3.14. The number of piperidine rings is 1. The van der Waals surface area contributed by atoms with Gasteiger partial charge in [-0.15, -0.1) is 0 Å². The molecule has 2 heterocycles. The highest BCUT2D eigenvalue weighted by atomic mass is 32.2. The standard InChI is InChI=1S/C21H28F4N4O2S/c1-29-20-15(11-27-29)8-14(9-18(20)22)13-2-4-17(5-3-13)31-12-16-10-26-7-6-19(16)28-32(30)21(23,24)25/h8-9,11,13,16-17,19,26,28H,2-7,10,12H2,1H3. The number of ether oxygens (including phenoxy) is 1. The van der Waals surface area contributed by atoms with Gasteiger partial charge in [-0.1, -0.05) is 0 Å². The molecule has 1 aromatic carbocycles. The van der Waals surface area contributed by atoms with Crippen LogP contribution in [0.4, 0.5) is 17.6 Å². The Hall–Kier alpha value is -1.56. The minimum atomic E-state index is -4.77. The monoisotopic (exact) mass is 476 g/mol. The van der Waals surface area contributed by atoms with Crippen LogP contribution in [0.15, 0.2) is 18.3 Å². The first-order valence-corrected chi connectivity index (χ1v) is 12.1. The van der Waals surface area contributed by atoms with E-state index in [1.54, 1.807) is 19.3 Å². The third-order valence-electron chi connectivity index (χ3n) is 6.58. The first-order chi connectivity index (χ1) is 15.2. The number of halogens is 4. The van der Waals surface area contributed by atoms with Crippen LogP contribution in [0.3, 0.4) is 0 Å². The highest BCUT2D eigenvalue weighted by molar-refractivity contribution is 7.83. The van der Waals surface area contributed by atoms with E-state index < -0.39 is 22.5 Å². The molecule has 1 saturated heterocycles. The molecular formula is C21H28F4N4O2S. The van der Waals surface area contributed by atoms with Crippen molar-refractivity contribution in [3.63, 3.8) is 0 Å². The van der Waals surface area contributed by atoms with Crippen molar-refractivity contribution < 1.29 is 26.5 Å². The molecule has 11 heteroatoms. The van der Waals surface area contributed by atoms with Crippen molar-refractivity contribution >= 4 is 21.9 Å². The molecule has 4 rings (SSSR count). The van der Waals surface area contributed by atoms with Gasteiger partial charge in [0.2, 0.25) is 0 Å². The van der Waals surface area contributed by atoms with E-state index in [0.29, 0.717) is 31.6 Å². The number of fused-ring (bicyclic) bond motifs is 1. The van der Waals surface area contributed by atoms with E-state index in [4.69, 9.17) is 4.74 Å². The van der Waals surface area contributed by atoms with Gasteiger partial charge in [0.05, 0.1) is 18.9 Å². The van der Waals surface area contributed by atoms with Gasteiger partial charge in [0, 0.05) is 30.9 Å². The number of hydrogen-bond donors (Lipinski definition) is 2. The molecule has 32 heavy (non-hydrogen) atoms. The second-order valence-corrected chi connectivity index (χ2v) is 9.94. The number of hydrogen-bond acceptors (Lipinski definition) is 4.